The average molecular weight is 493 g/mol. The summed E-state index contributed by atoms with van der Waals surface area (Å²) in [6.07, 6.45) is 2.41. The van der Waals surface area contributed by atoms with Crippen LogP contribution in [-0.2, 0) is 14.6 Å². The fourth-order valence-electron chi connectivity index (χ4n) is 3.45. The summed E-state index contributed by atoms with van der Waals surface area (Å²) >= 11 is 3.35. The summed E-state index contributed by atoms with van der Waals surface area (Å²) in [5.74, 6) is 0. The SMILES string of the molecule is [Cl][Ni].c1ccc(P(CCP(c2ccccc2)c2ccccc2)c2ccccc2)cc1. The number of benzene rings is 4. The molecule has 0 amide bonds. The molecule has 4 heteroatoms. The molecule has 0 fully saturated rings. The Morgan fingerprint density at radius 1 is 0.400 bits per heavy atom. The van der Waals surface area contributed by atoms with E-state index < -0.39 is 0 Å². The van der Waals surface area contributed by atoms with Gasteiger partial charge in [0.25, 0.3) is 0 Å². The molecule has 0 spiro atoms. The van der Waals surface area contributed by atoms with Crippen LogP contribution < -0.4 is 21.2 Å². The maximum atomic E-state index is 4.26. The molecule has 0 aliphatic carbocycles. The zero-order valence-electron chi connectivity index (χ0n) is 16.5. The molecule has 0 aliphatic rings. The third-order valence-electron chi connectivity index (χ3n) is 4.82. The topological polar surface area (TPSA) is 0 Å². The fraction of sp³-hybridized carbons (Fsp3) is 0.0769. The molecule has 0 bridgehead atoms. The molecule has 0 aromatic heterocycles. The van der Waals surface area contributed by atoms with E-state index in [4.69, 9.17) is 0 Å². The van der Waals surface area contributed by atoms with Gasteiger partial charge in [0.1, 0.15) is 0 Å². The summed E-state index contributed by atoms with van der Waals surface area (Å²) in [6, 6.07) is 44.2. The van der Waals surface area contributed by atoms with Crippen LogP contribution in [0.1, 0.15) is 0 Å². The van der Waals surface area contributed by atoms with Crippen LogP contribution in [0.2, 0.25) is 0 Å². The Labute approximate surface area is 194 Å². The third-order valence-corrected chi connectivity index (χ3v) is 10.2. The minimum absolute atomic E-state index is 0.348. The Morgan fingerprint density at radius 2 is 0.600 bits per heavy atom. The van der Waals surface area contributed by atoms with E-state index in [9.17, 15) is 0 Å². The normalized spacial score (nSPS) is 10.6. The van der Waals surface area contributed by atoms with Gasteiger partial charge in [-0.15, -0.1) is 0 Å². The smallest absolute Gasteiger partial charge is 0.0195 e. The standard InChI is InChI=1S/C26H24P2.ClH.Ni/c1-5-13-23(14-6-1)27(24-15-7-2-8-16-24)21-22-28(25-17-9-3-10-18-25)26-19-11-4-12-20-26;;/h1-20H,21-22H2;1H;/q;;+1/p-1. The van der Waals surface area contributed by atoms with Gasteiger partial charge in [0.2, 0.25) is 0 Å². The van der Waals surface area contributed by atoms with E-state index in [0.29, 0.717) is 0 Å². The van der Waals surface area contributed by atoms with Crippen molar-refractivity contribution in [3.05, 3.63) is 121 Å². The van der Waals surface area contributed by atoms with E-state index in [2.05, 4.69) is 146 Å². The van der Waals surface area contributed by atoms with Gasteiger partial charge in [0, 0.05) is 0 Å². The van der Waals surface area contributed by atoms with Gasteiger partial charge in [-0.2, -0.15) is 0 Å². The van der Waals surface area contributed by atoms with Crippen LogP contribution in [0.25, 0.3) is 0 Å². The Hall–Kier alpha value is -1.48. The van der Waals surface area contributed by atoms with Crippen molar-refractivity contribution in [2.24, 2.45) is 0 Å². The summed E-state index contributed by atoms with van der Waals surface area (Å²) in [7, 11) is 3.57. The predicted molar refractivity (Wildman–Crippen MR) is 134 cm³/mol. The van der Waals surface area contributed by atoms with Crippen LogP contribution in [0, 0.1) is 0 Å². The summed E-state index contributed by atoms with van der Waals surface area (Å²) in [5, 5.41) is 5.89. The zero-order chi connectivity index (χ0) is 21.0. The Balaban J connectivity index is 0.00000124. The third kappa shape index (κ3) is 6.51. The summed E-state index contributed by atoms with van der Waals surface area (Å²) < 4.78 is 0. The number of halogens is 1. The number of hydrogen-bond donors (Lipinski definition) is 0. The quantitative estimate of drug-likeness (QED) is 0.221. The van der Waals surface area contributed by atoms with Crippen LogP contribution in [-0.4, -0.2) is 12.3 Å². The molecule has 0 N–H and O–H groups in total. The molecule has 4 aromatic rings. The van der Waals surface area contributed by atoms with Gasteiger partial charge in [-0.1, -0.05) is 121 Å². The van der Waals surface area contributed by atoms with Crippen molar-refractivity contribution >= 4 is 47.3 Å². The minimum atomic E-state index is -0.348. The monoisotopic (exact) mass is 491 g/mol. The first-order valence-electron chi connectivity index (χ1n) is 9.79. The van der Waals surface area contributed by atoms with Crippen LogP contribution in [0.3, 0.4) is 0 Å². The van der Waals surface area contributed by atoms with E-state index in [1.165, 1.54) is 33.5 Å². The van der Waals surface area contributed by atoms with Crippen molar-refractivity contribution in [3.8, 4) is 0 Å². The predicted octanol–water partition coefficient (Wildman–Crippen LogP) is 5.94. The van der Waals surface area contributed by atoms with Crippen molar-refractivity contribution < 1.29 is 14.6 Å². The second-order valence-corrected chi connectivity index (χ2v) is 11.3. The molecule has 155 valence electrons. The molecule has 0 saturated heterocycles. The Morgan fingerprint density at radius 3 is 0.800 bits per heavy atom. The van der Waals surface area contributed by atoms with E-state index >= 15 is 0 Å². The van der Waals surface area contributed by atoms with Gasteiger partial charge in [0.15, 0.2) is 0 Å². The van der Waals surface area contributed by atoms with Gasteiger partial charge in [-0.25, -0.2) is 0 Å². The molecule has 0 nitrogen and oxygen atoms in total. The van der Waals surface area contributed by atoms with Crippen LogP contribution in [0.5, 0.6) is 0 Å². The van der Waals surface area contributed by atoms with Crippen LogP contribution >= 0.6 is 26.0 Å². The fourth-order valence-corrected chi connectivity index (χ4v) is 8.80. The maximum Gasteiger partial charge on any atom is -0.0195 e. The maximum absolute atomic E-state index is 4.26. The first-order chi connectivity index (χ1) is 14.9. The second-order valence-electron chi connectivity index (χ2n) is 6.65. The molecular formula is C26H24ClNiP2. The number of rotatable bonds is 7. The van der Waals surface area contributed by atoms with Crippen molar-refractivity contribution in [3.63, 3.8) is 0 Å². The van der Waals surface area contributed by atoms with E-state index in [1.54, 1.807) is 0 Å². The van der Waals surface area contributed by atoms with Crippen molar-refractivity contribution in [1.29, 1.82) is 0 Å². The van der Waals surface area contributed by atoms with Crippen molar-refractivity contribution in [1.82, 2.24) is 0 Å². The molecule has 0 heterocycles. The van der Waals surface area contributed by atoms with Crippen LogP contribution in [0.15, 0.2) is 121 Å². The summed E-state index contributed by atoms with van der Waals surface area (Å²) in [5.41, 5.74) is 0. The molecule has 0 aliphatic heterocycles. The summed E-state index contributed by atoms with van der Waals surface area (Å²) in [4.78, 5) is 0. The first kappa shape index (κ1) is 23.2. The van der Waals surface area contributed by atoms with Gasteiger partial charge in [-0.05, 0) is 49.4 Å². The Bertz CT molecular complexity index is 805. The molecule has 0 saturated carbocycles. The van der Waals surface area contributed by atoms with E-state index in [0.717, 1.165) is 0 Å². The van der Waals surface area contributed by atoms with Gasteiger partial charge in [-0.3, -0.25) is 0 Å². The number of hydrogen-bond acceptors (Lipinski definition) is 0. The molecule has 0 unspecified atom stereocenters. The van der Waals surface area contributed by atoms with Gasteiger partial charge < -0.3 is 0 Å². The largest absolute Gasteiger partial charge is 0.0622 e. The van der Waals surface area contributed by atoms with E-state index in [-0.39, 0.29) is 15.8 Å². The van der Waals surface area contributed by atoms with Gasteiger partial charge in [0.05, 0.1) is 0 Å². The van der Waals surface area contributed by atoms with Crippen molar-refractivity contribution in [2.75, 3.05) is 12.3 Å². The van der Waals surface area contributed by atoms with Gasteiger partial charge >= 0.3 is 24.8 Å². The molecular weight excluding hydrogens is 468 g/mol. The molecule has 30 heavy (non-hydrogen) atoms. The molecule has 0 radical (unpaired) electrons. The Kier molecular flexibility index (Phi) is 10.1. The average Bonchev–Trinajstić information content (AvgIpc) is 2.85. The molecule has 4 rings (SSSR count). The minimum Gasteiger partial charge on any atom is -0.0622 e. The van der Waals surface area contributed by atoms with Crippen molar-refractivity contribution in [2.45, 2.75) is 0 Å². The summed E-state index contributed by atoms with van der Waals surface area (Å²) in [6.45, 7) is 0. The van der Waals surface area contributed by atoms with Crippen LogP contribution in [0.4, 0.5) is 0 Å². The second kappa shape index (κ2) is 13.0. The van der Waals surface area contributed by atoms with E-state index in [1.807, 2.05) is 0 Å². The molecule has 0 atom stereocenters. The first-order valence-corrected chi connectivity index (χ1v) is 14.2. The zero-order valence-corrected chi connectivity index (χ0v) is 20.1. The molecule has 4 aromatic carbocycles.